The smallest absolute Gasteiger partial charge is 0.291 e. The molecule has 0 unspecified atom stereocenters. The van der Waals surface area contributed by atoms with Crippen molar-refractivity contribution in [3.8, 4) is 0 Å². The molecule has 5 heteroatoms. The summed E-state index contributed by atoms with van der Waals surface area (Å²) in [6.07, 6.45) is 5.51. The Morgan fingerprint density at radius 1 is 1.00 bits per heavy atom. The Balaban J connectivity index is 1.75. The molecule has 0 atom stereocenters. The number of aryl methyl sites for hydroxylation is 1. The molecule has 126 valence electrons. The lowest BCUT2D eigenvalue weighted by atomic mass is 9.92. The fourth-order valence-corrected chi connectivity index (χ4v) is 4.48. The van der Waals surface area contributed by atoms with Crippen molar-refractivity contribution in [1.82, 2.24) is 0 Å². The fourth-order valence-electron chi connectivity index (χ4n) is 3.20. The Labute approximate surface area is 149 Å². The van der Waals surface area contributed by atoms with Crippen LogP contribution in [0.25, 0.3) is 0 Å². The Kier molecular flexibility index (Phi) is 4.24. The monoisotopic (exact) mass is 351 g/mol. The summed E-state index contributed by atoms with van der Waals surface area (Å²) in [7, 11) is 0. The second kappa shape index (κ2) is 6.69. The van der Waals surface area contributed by atoms with Crippen LogP contribution < -0.4 is 5.32 Å². The number of ketones is 1. The summed E-state index contributed by atoms with van der Waals surface area (Å²) >= 11 is 1.52. The van der Waals surface area contributed by atoms with Gasteiger partial charge >= 0.3 is 0 Å². The van der Waals surface area contributed by atoms with Crippen molar-refractivity contribution < 1.29 is 14.0 Å². The highest BCUT2D eigenvalue weighted by molar-refractivity contribution is 7.17. The van der Waals surface area contributed by atoms with Crippen molar-refractivity contribution in [3.05, 3.63) is 76.1 Å². The lowest BCUT2D eigenvalue weighted by molar-refractivity contribution is 0.0997. The van der Waals surface area contributed by atoms with Crippen LogP contribution in [0.15, 0.2) is 53.1 Å². The largest absolute Gasteiger partial charge is 0.459 e. The van der Waals surface area contributed by atoms with E-state index >= 15 is 0 Å². The third-order valence-electron chi connectivity index (χ3n) is 4.41. The predicted octanol–water partition coefficient (Wildman–Crippen LogP) is 4.70. The molecule has 0 saturated heterocycles. The van der Waals surface area contributed by atoms with Crippen LogP contribution in [-0.4, -0.2) is 11.7 Å². The lowest BCUT2D eigenvalue weighted by Crippen LogP contribution is -2.14. The van der Waals surface area contributed by atoms with Crippen molar-refractivity contribution in [2.45, 2.75) is 25.7 Å². The van der Waals surface area contributed by atoms with Crippen molar-refractivity contribution in [3.63, 3.8) is 0 Å². The second-order valence-corrected chi connectivity index (χ2v) is 7.15. The number of nitrogens with one attached hydrogen (secondary N) is 1. The highest BCUT2D eigenvalue weighted by atomic mass is 32.1. The lowest BCUT2D eigenvalue weighted by Gasteiger charge is -2.12. The molecule has 0 spiro atoms. The van der Waals surface area contributed by atoms with Crippen LogP contribution in [0.4, 0.5) is 5.00 Å². The number of thiophene rings is 1. The number of carbonyl (C=O) groups is 2. The minimum Gasteiger partial charge on any atom is -0.459 e. The Morgan fingerprint density at radius 2 is 1.80 bits per heavy atom. The molecule has 0 aliphatic heterocycles. The van der Waals surface area contributed by atoms with E-state index in [2.05, 4.69) is 5.32 Å². The van der Waals surface area contributed by atoms with Gasteiger partial charge in [0, 0.05) is 10.4 Å². The molecule has 4 nitrogen and oxygen atoms in total. The summed E-state index contributed by atoms with van der Waals surface area (Å²) in [5.41, 5.74) is 2.38. The SMILES string of the molecule is O=C(Nc1sc2c(c1C(=O)c1ccccc1)CCCC2)c1ccco1. The molecule has 1 aliphatic carbocycles. The maximum absolute atomic E-state index is 13.1. The maximum Gasteiger partial charge on any atom is 0.291 e. The topological polar surface area (TPSA) is 59.3 Å². The molecule has 1 amide bonds. The van der Waals surface area contributed by atoms with Crippen LogP contribution >= 0.6 is 11.3 Å². The summed E-state index contributed by atoms with van der Waals surface area (Å²) in [4.78, 5) is 26.7. The van der Waals surface area contributed by atoms with Gasteiger partial charge < -0.3 is 9.73 Å². The highest BCUT2D eigenvalue weighted by Gasteiger charge is 2.27. The van der Waals surface area contributed by atoms with Gasteiger partial charge in [-0.3, -0.25) is 9.59 Å². The quantitative estimate of drug-likeness (QED) is 0.693. The number of benzene rings is 1. The molecule has 0 radical (unpaired) electrons. The van der Waals surface area contributed by atoms with Gasteiger partial charge in [0.15, 0.2) is 11.5 Å². The summed E-state index contributed by atoms with van der Waals surface area (Å²) in [5, 5.41) is 3.51. The Hall–Kier alpha value is -2.66. The first-order valence-electron chi connectivity index (χ1n) is 8.33. The molecule has 25 heavy (non-hydrogen) atoms. The van der Waals surface area contributed by atoms with Crippen LogP contribution in [0.1, 0.15) is 49.8 Å². The van der Waals surface area contributed by atoms with Crippen LogP contribution in [0.3, 0.4) is 0 Å². The van der Waals surface area contributed by atoms with Crippen molar-refractivity contribution in [2.24, 2.45) is 0 Å². The normalized spacial score (nSPS) is 13.3. The number of carbonyl (C=O) groups excluding carboxylic acids is 2. The number of amides is 1. The third-order valence-corrected chi connectivity index (χ3v) is 5.61. The van der Waals surface area contributed by atoms with E-state index in [1.54, 1.807) is 12.1 Å². The molecular formula is C20H17NO3S. The first-order valence-corrected chi connectivity index (χ1v) is 9.15. The van der Waals surface area contributed by atoms with Gasteiger partial charge in [-0.05, 0) is 43.4 Å². The third kappa shape index (κ3) is 3.03. The molecular weight excluding hydrogens is 334 g/mol. The van der Waals surface area contributed by atoms with Gasteiger partial charge in [-0.25, -0.2) is 0 Å². The first-order chi connectivity index (χ1) is 12.2. The van der Waals surface area contributed by atoms with Crippen LogP contribution in [-0.2, 0) is 12.8 Å². The summed E-state index contributed by atoms with van der Waals surface area (Å²) in [6.45, 7) is 0. The van der Waals surface area contributed by atoms with Gasteiger partial charge in [0.1, 0.15) is 5.00 Å². The van der Waals surface area contributed by atoms with Gasteiger partial charge in [-0.15, -0.1) is 11.3 Å². The van der Waals surface area contributed by atoms with Gasteiger partial charge in [-0.2, -0.15) is 0 Å². The molecule has 0 bridgehead atoms. The number of fused-ring (bicyclic) bond motifs is 1. The van der Waals surface area contributed by atoms with Crippen molar-refractivity contribution in [2.75, 3.05) is 5.32 Å². The summed E-state index contributed by atoms with van der Waals surface area (Å²) < 4.78 is 5.16. The summed E-state index contributed by atoms with van der Waals surface area (Å²) in [5.74, 6) is -0.120. The molecule has 0 saturated carbocycles. The average Bonchev–Trinajstić information content (AvgIpc) is 3.29. The molecule has 1 N–H and O–H groups in total. The van der Waals surface area contributed by atoms with E-state index in [4.69, 9.17) is 4.42 Å². The molecule has 1 aliphatic rings. The van der Waals surface area contributed by atoms with E-state index in [1.165, 1.54) is 22.5 Å². The summed E-state index contributed by atoms with van der Waals surface area (Å²) in [6, 6.07) is 12.5. The number of hydrogen-bond acceptors (Lipinski definition) is 4. The first kappa shape index (κ1) is 15.8. The van der Waals surface area contributed by atoms with Crippen LogP contribution in [0.5, 0.6) is 0 Å². The van der Waals surface area contributed by atoms with E-state index in [0.29, 0.717) is 16.1 Å². The molecule has 1 aromatic carbocycles. The number of anilines is 1. The van der Waals surface area contributed by atoms with Gasteiger partial charge in [-0.1, -0.05) is 30.3 Å². The average molecular weight is 351 g/mol. The molecule has 0 fully saturated rings. The Morgan fingerprint density at radius 3 is 2.56 bits per heavy atom. The predicted molar refractivity (Wildman–Crippen MR) is 97.5 cm³/mol. The number of rotatable bonds is 4. The fraction of sp³-hybridized carbons (Fsp3) is 0.200. The minimum atomic E-state index is -0.328. The number of furan rings is 1. The second-order valence-electron chi connectivity index (χ2n) is 6.04. The van der Waals surface area contributed by atoms with E-state index in [0.717, 1.165) is 31.2 Å². The highest BCUT2D eigenvalue weighted by Crippen LogP contribution is 2.39. The van der Waals surface area contributed by atoms with E-state index in [-0.39, 0.29) is 17.5 Å². The van der Waals surface area contributed by atoms with Crippen molar-refractivity contribution >= 4 is 28.0 Å². The zero-order valence-electron chi connectivity index (χ0n) is 13.6. The molecule has 4 rings (SSSR count). The Bertz CT molecular complexity index is 910. The minimum absolute atomic E-state index is 0.0326. The van der Waals surface area contributed by atoms with Gasteiger partial charge in [0.2, 0.25) is 0 Å². The molecule has 2 aromatic heterocycles. The molecule has 3 aromatic rings. The van der Waals surface area contributed by atoms with Crippen LogP contribution in [0.2, 0.25) is 0 Å². The zero-order chi connectivity index (χ0) is 17.2. The van der Waals surface area contributed by atoms with E-state index in [1.807, 2.05) is 30.3 Å². The van der Waals surface area contributed by atoms with Crippen LogP contribution in [0, 0.1) is 0 Å². The van der Waals surface area contributed by atoms with E-state index < -0.39 is 0 Å². The van der Waals surface area contributed by atoms with Gasteiger partial charge in [0.05, 0.1) is 11.8 Å². The maximum atomic E-state index is 13.1. The van der Waals surface area contributed by atoms with E-state index in [9.17, 15) is 9.59 Å². The van der Waals surface area contributed by atoms with Gasteiger partial charge in [0.25, 0.3) is 5.91 Å². The molecule has 2 heterocycles. The van der Waals surface area contributed by atoms with Crippen molar-refractivity contribution in [1.29, 1.82) is 0 Å². The zero-order valence-corrected chi connectivity index (χ0v) is 14.4. The number of hydrogen-bond donors (Lipinski definition) is 1. The standard InChI is InChI=1S/C20H17NO3S/c22-18(13-7-2-1-3-8-13)17-14-9-4-5-11-16(14)25-20(17)21-19(23)15-10-6-12-24-15/h1-3,6-8,10,12H,4-5,9,11H2,(H,21,23).